The zero-order valence-electron chi connectivity index (χ0n) is 5.94. The molecule has 1 aromatic carbocycles. The molecule has 0 fully saturated rings. The molecule has 0 amide bonds. The van der Waals surface area contributed by atoms with Crippen molar-refractivity contribution in [3.8, 4) is 6.07 Å². The van der Waals surface area contributed by atoms with Gasteiger partial charge in [0.1, 0.15) is 0 Å². The smallest absolute Gasteiger partial charge is 0.0728 e. The van der Waals surface area contributed by atoms with Crippen LogP contribution in [-0.4, -0.2) is 0 Å². The lowest BCUT2D eigenvalue weighted by Crippen LogP contribution is -1.86. The molecule has 0 atom stereocenters. The summed E-state index contributed by atoms with van der Waals surface area (Å²) in [6.07, 6.45) is 0.301. The minimum absolute atomic E-state index is 0.301. The van der Waals surface area contributed by atoms with E-state index in [0.717, 1.165) is 9.13 Å². The Labute approximate surface area is 94.4 Å². The van der Waals surface area contributed by atoms with Crippen molar-refractivity contribution in [3.05, 3.63) is 31.3 Å². The number of rotatable bonds is 1. The van der Waals surface area contributed by atoms with Gasteiger partial charge in [-0.1, -0.05) is 29.3 Å². The van der Waals surface area contributed by atoms with Gasteiger partial charge in [0.25, 0.3) is 0 Å². The molecular formula is C8H4Cl2IN. The molecule has 0 aliphatic heterocycles. The van der Waals surface area contributed by atoms with E-state index in [1.165, 1.54) is 0 Å². The largest absolute Gasteiger partial charge is 0.198 e. The molecule has 0 spiro atoms. The molecule has 0 aliphatic rings. The Hall–Kier alpha value is 0.0200. The van der Waals surface area contributed by atoms with Gasteiger partial charge in [-0.2, -0.15) is 5.26 Å². The van der Waals surface area contributed by atoms with Crippen molar-refractivity contribution in [2.75, 3.05) is 0 Å². The Morgan fingerprint density at radius 1 is 1.33 bits per heavy atom. The van der Waals surface area contributed by atoms with Crippen LogP contribution in [0.3, 0.4) is 0 Å². The summed E-state index contributed by atoms with van der Waals surface area (Å²) in [5.41, 5.74) is 0.782. The van der Waals surface area contributed by atoms with Gasteiger partial charge in [0.15, 0.2) is 0 Å². The number of hydrogen-bond acceptors (Lipinski definition) is 1. The Morgan fingerprint density at radius 3 is 2.58 bits per heavy atom. The molecule has 0 saturated heterocycles. The summed E-state index contributed by atoms with van der Waals surface area (Å²) in [4.78, 5) is 0. The SMILES string of the molecule is N#CCc1ccc(I)c(Cl)c1Cl. The Morgan fingerprint density at radius 2 is 2.00 bits per heavy atom. The predicted molar refractivity (Wildman–Crippen MR) is 58.5 cm³/mol. The Kier molecular flexibility index (Phi) is 3.63. The third-order valence-electron chi connectivity index (χ3n) is 1.38. The molecule has 0 saturated carbocycles. The van der Waals surface area contributed by atoms with E-state index in [9.17, 15) is 0 Å². The molecule has 1 rings (SSSR count). The van der Waals surface area contributed by atoms with E-state index in [1.54, 1.807) is 0 Å². The highest BCUT2D eigenvalue weighted by molar-refractivity contribution is 14.1. The van der Waals surface area contributed by atoms with Crippen molar-refractivity contribution < 1.29 is 0 Å². The van der Waals surface area contributed by atoms with Gasteiger partial charge in [0.05, 0.1) is 22.5 Å². The maximum atomic E-state index is 8.45. The zero-order chi connectivity index (χ0) is 9.14. The fraction of sp³-hybridized carbons (Fsp3) is 0.125. The molecule has 4 heteroatoms. The van der Waals surface area contributed by atoms with Crippen molar-refractivity contribution in [1.29, 1.82) is 5.26 Å². The molecule has 1 aromatic rings. The number of benzene rings is 1. The number of nitriles is 1. The first-order chi connectivity index (χ1) is 5.66. The lowest BCUT2D eigenvalue weighted by Gasteiger charge is -2.02. The van der Waals surface area contributed by atoms with Crippen LogP contribution in [0.4, 0.5) is 0 Å². The lowest BCUT2D eigenvalue weighted by atomic mass is 10.2. The Bertz CT molecular complexity index is 344. The van der Waals surface area contributed by atoms with Crippen LogP contribution in [0.1, 0.15) is 5.56 Å². The fourth-order valence-electron chi connectivity index (χ4n) is 0.788. The summed E-state index contributed by atoms with van der Waals surface area (Å²) in [6.45, 7) is 0. The van der Waals surface area contributed by atoms with Gasteiger partial charge in [0, 0.05) is 3.57 Å². The molecule has 0 N–H and O–H groups in total. The quantitative estimate of drug-likeness (QED) is 0.573. The maximum Gasteiger partial charge on any atom is 0.0728 e. The lowest BCUT2D eigenvalue weighted by molar-refractivity contribution is 1.26. The van der Waals surface area contributed by atoms with Crippen LogP contribution in [0.15, 0.2) is 12.1 Å². The molecule has 62 valence electrons. The summed E-state index contributed by atoms with van der Waals surface area (Å²) < 4.78 is 0.904. The molecule has 0 bridgehead atoms. The highest BCUT2D eigenvalue weighted by atomic mass is 127. The fourth-order valence-corrected chi connectivity index (χ4v) is 1.81. The highest BCUT2D eigenvalue weighted by Crippen LogP contribution is 2.30. The van der Waals surface area contributed by atoms with Gasteiger partial charge in [0.2, 0.25) is 0 Å². The first-order valence-electron chi connectivity index (χ1n) is 3.16. The summed E-state index contributed by atoms with van der Waals surface area (Å²) in [6, 6.07) is 5.69. The van der Waals surface area contributed by atoms with Crippen LogP contribution < -0.4 is 0 Å². The number of nitrogens with zero attached hydrogens (tertiary/aromatic N) is 1. The van der Waals surface area contributed by atoms with Crippen LogP contribution in [0.25, 0.3) is 0 Å². The minimum atomic E-state index is 0.301. The second kappa shape index (κ2) is 4.31. The standard InChI is InChI=1S/C8H4Cl2IN/c9-7-5(3-4-12)1-2-6(11)8(7)10/h1-2H,3H2. The van der Waals surface area contributed by atoms with Crippen molar-refractivity contribution >= 4 is 45.8 Å². The average Bonchev–Trinajstić information content (AvgIpc) is 2.07. The summed E-state index contributed by atoms with van der Waals surface area (Å²) >= 11 is 13.9. The van der Waals surface area contributed by atoms with Gasteiger partial charge < -0.3 is 0 Å². The zero-order valence-corrected chi connectivity index (χ0v) is 9.61. The van der Waals surface area contributed by atoms with Crippen molar-refractivity contribution in [2.24, 2.45) is 0 Å². The van der Waals surface area contributed by atoms with E-state index in [-0.39, 0.29) is 0 Å². The molecule has 0 aliphatic carbocycles. The van der Waals surface area contributed by atoms with Crippen molar-refractivity contribution in [1.82, 2.24) is 0 Å². The van der Waals surface area contributed by atoms with E-state index in [2.05, 4.69) is 22.6 Å². The normalized spacial score (nSPS) is 9.50. The number of hydrogen-bond donors (Lipinski definition) is 0. The monoisotopic (exact) mass is 311 g/mol. The topological polar surface area (TPSA) is 23.8 Å². The van der Waals surface area contributed by atoms with Crippen LogP contribution in [0.5, 0.6) is 0 Å². The first-order valence-corrected chi connectivity index (χ1v) is 4.99. The second-order valence-corrected chi connectivity index (χ2v) is 4.09. The van der Waals surface area contributed by atoms with Crippen molar-refractivity contribution in [2.45, 2.75) is 6.42 Å². The van der Waals surface area contributed by atoms with Crippen LogP contribution in [-0.2, 0) is 6.42 Å². The third kappa shape index (κ3) is 2.03. The van der Waals surface area contributed by atoms with Crippen LogP contribution in [0.2, 0.25) is 10.0 Å². The van der Waals surface area contributed by atoms with E-state index >= 15 is 0 Å². The van der Waals surface area contributed by atoms with Gasteiger partial charge >= 0.3 is 0 Å². The third-order valence-corrected chi connectivity index (χ3v) is 3.52. The summed E-state index contributed by atoms with van der Waals surface area (Å²) in [7, 11) is 0. The maximum absolute atomic E-state index is 8.45. The average molecular weight is 312 g/mol. The molecule has 1 nitrogen and oxygen atoms in total. The Balaban J connectivity index is 3.19. The molecule has 0 heterocycles. The molecule has 0 aromatic heterocycles. The minimum Gasteiger partial charge on any atom is -0.198 e. The van der Waals surface area contributed by atoms with Crippen LogP contribution >= 0.6 is 45.8 Å². The summed E-state index contributed by atoms with van der Waals surface area (Å²) in [5, 5.41) is 9.47. The van der Waals surface area contributed by atoms with E-state index in [4.69, 9.17) is 28.5 Å². The predicted octanol–water partition coefficient (Wildman–Crippen LogP) is 3.66. The molecular weight excluding hydrogens is 308 g/mol. The van der Waals surface area contributed by atoms with Gasteiger partial charge in [-0.15, -0.1) is 0 Å². The van der Waals surface area contributed by atoms with Crippen LogP contribution in [0, 0.1) is 14.9 Å². The highest BCUT2D eigenvalue weighted by Gasteiger charge is 2.06. The van der Waals surface area contributed by atoms with E-state index < -0.39 is 0 Å². The van der Waals surface area contributed by atoms with Gasteiger partial charge in [-0.25, -0.2) is 0 Å². The van der Waals surface area contributed by atoms with Gasteiger partial charge in [-0.05, 0) is 34.2 Å². The van der Waals surface area contributed by atoms with E-state index in [1.807, 2.05) is 18.2 Å². The molecule has 0 unspecified atom stereocenters. The first kappa shape index (κ1) is 10.1. The van der Waals surface area contributed by atoms with Crippen molar-refractivity contribution in [3.63, 3.8) is 0 Å². The molecule has 0 radical (unpaired) electrons. The summed E-state index contributed by atoms with van der Waals surface area (Å²) in [5.74, 6) is 0. The second-order valence-electron chi connectivity index (χ2n) is 2.17. The van der Waals surface area contributed by atoms with Gasteiger partial charge in [-0.3, -0.25) is 0 Å². The molecule has 12 heavy (non-hydrogen) atoms. The van der Waals surface area contributed by atoms with E-state index in [0.29, 0.717) is 16.5 Å². The number of halogens is 3.